The Labute approximate surface area is 261 Å². The average molecular weight is 628 g/mol. The van der Waals surface area contributed by atoms with Crippen LogP contribution in [0.15, 0.2) is 72.8 Å². The summed E-state index contributed by atoms with van der Waals surface area (Å²) in [6.07, 6.45) is 3.54. The molecule has 1 atom stereocenters. The van der Waals surface area contributed by atoms with E-state index in [1.807, 2.05) is 61.5 Å². The first-order valence-corrected chi connectivity index (χ1v) is 16.7. The fourth-order valence-electron chi connectivity index (χ4n) is 4.86. The van der Waals surface area contributed by atoms with Gasteiger partial charge in [0.15, 0.2) is 0 Å². The average Bonchev–Trinajstić information content (AvgIpc) is 2.98. The number of halogens is 1. The molecule has 8 nitrogen and oxygen atoms in total. The van der Waals surface area contributed by atoms with Gasteiger partial charge in [0.1, 0.15) is 11.8 Å². The number of carbonyl (C=O) groups is 2. The number of hydrogen-bond acceptors (Lipinski definition) is 5. The third-order valence-corrected chi connectivity index (χ3v) is 8.59. The highest BCUT2D eigenvalue weighted by atomic mass is 35.5. The van der Waals surface area contributed by atoms with Crippen LogP contribution in [0.5, 0.6) is 5.75 Å². The third kappa shape index (κ3) is 10.3. The molecule has 3 aromatic carbocycles. The molecule has 2 amide bonds. The van der Waals surface area contributed by atoms with Crippen LogP contribution in [-0.2, 0) is 32.6 Å². The number of sulfonamides is 1. The molecule has 0 saturated carbocycles. The fourth-order valence-corrected chi connectivity index (χ4v) is 6.04. The number of nitrogens with one attached hydrogen (secondary N) is 1. The van der Waals surface area contributed by atoms with Crippen LogP contribution in [0.4, 0.5) is 5.69 Å². The van der Waals surface area contributed by atoms with Gasteiger partial charge in [0.2, 0.25) is 21.8 Å². The summed E-state index contributed by atoms with van der Waals surface area (Å²) >= 11 is 6.18. The number of hydrogen-bond donors (Lipinski definition) is 1. The van der Waals surface area contributed by atoms with Crippen molar-refractivity contribution in [3.05, 3.63) is 94.5 Å². The third-order valence-electron chi connectivity index (χ3n) is 7.18. The van der Waals surface area contributed by atoms with Crippen LogP contribution in [-0.4, -0.2) is 57.6 Å². The van der Waals surface area contributed by atoms with Crippen LogP contribution in [0.3, 0.4) is 0 Å². The van der Waals surface area contributed by atoms with Crippen molar-refractivity contribution in [2.24, 2.45) is 0 Å². The van der Waals surface area contributed by atoms with Crippen molar-refractivity contribution in [3.63, 3.8) is 0 Å². The second-order valence-electron chi connectivity index (χ2n) is 10.6. The molecule has 0 heterocycles. The lowest BCUT2D eigenvalue weighted by molar-refractivity contribution is -0.141. The molecule has 0 aromatic heterocycles. The summed E-state index contributed by atoms with van der Waals surface area (Å²) in [7, 11) is -2.06. The summed E-state index contributed by atoms with van der Waals surface area (Å²) in [5.74, 6) is 0.184. The van der Waals surface area contributed by atoms with E-state index in [0.717, 1.165) is 35.8 Å². The molecule has 1 N–H and O–H groups in total. The Bertz CT molecular complexity index is 1470. The zero-order chi connectivity index (χ0) is 31.4. The molecular weight excluding hydrogens is 586 g/mol. The summed E-state index contributed by atoms with van der Waals surface area (Å²) in [6.45, 7) is 4.67. The molecule has 0 saturated heterocycles. The molecule has 0 aliphatic heterocycles. The Balaban J connectivity index is 1.91. The van der Waals surface area contributed by atoms with Gasteiger partial charge in [-0.05, 0) is 60.7 Å². The second-order valence-corrected chi connectivity index (χ2v) is 12.9. The van der Waals surface area contributed by atoms with Crippen molar-refractivity contribution >= 4 is 39.1 Å². The molecule has 0 spiro atoms. The number of nitrogens with zero attached hydrogens (tertiary/aromatic N) is 2. The van der Waals surface area contributed by atoms with Gasteiger partial charge in [-0.1, -0.05) is 73.5 Å². The van der Waals surface area contributed by atoms with Gasteiger partial charge in [0.25, 0.3) is 0 Å². The van der Waals surface area contributed by atoms with E-state index in [1.165, 1.54) is 4.31 Å². The number of ether oxygens (including phenoxy) is 1. The van der Waals surface area contributed by atoms with Crippen molar-refractivity contribution in [2.75, 3.05) is 30.8 Å². The minimum Gasteiger partial charge on any atom is -0.497 e. The first-order valence-electron chi connectivity index (χ1n) is 14.5. The van der Waals surface area contributed by atoms with Gasteiger partial charge in [0.05, 0.1) is 19.1 Å². The minimum absolute atomic E-state index is 0.0448. The monoisotopic (exact) mass is 627 g/mol. The van der Waals surface area contributed by atoms with E-state index < -0.39 is 16.1 Å². The predicted molar refractivity (Wildman–Crippen MR) is 173 cm³/mol. The molecule has 43 heavy (non-hydrogen) atoms. The number of rotatable bonds is 16. The Hall–Kier alpha value is -3.56. The first kappa shape index (κ1) is 33.9. The summed E-state index contributed by atoms with van der Waals surface area (Å²) in [6, 6.07) is 21.4. The van der Waals surface area contributed by atoms with Gasteiger partial charge in [-0.25, -0.2) is 8.42 Å². The van der Waals surface area contributed by atoms with Crippen LogP contribution in [0.25, 0.3) is 0 Å². The zero-order valence-electron chi connectivity index (χ0n) is 25.4. The highest BCUT2D eigenvalue weighted by molar-refractivity contribution is 7.92. The molecule has 232 valence electrons. The van der Waals surface area contributed by atoms with Crippen LogP contribution in [0.2, 0.25) is 5.02 Å². The fraction of sp³-hybridized carbons (Fsp3) is 0.394. The standard InChI is InChI=1S/C33H42ClN3O5S/c1-5-6-19-35-33(39)31(22-26-12-8-7-9-13-26)36(24-27-14-10-15-29(21-27)42-3)32(38)16-11-20-37(43(4,40)41)30-23-28(34)18-17-25(30)2/h7-10,12-15,17-18,21,23,31H,5-6,11,16,19-20,22,24H2,1-4H3,(H,35,39)/t31-/m0/s1. The Morgan fingerprint density at radius 1 is 0.977 bits per heavy atom. The van der Waals surface area contributed by atoms with Crippen LogP contribution in [0.1, 0.15) is 49.3 Å². The number of carbonyl (C=O) groups excluding carboxylic acids is 2. The van der Waals surface area contributed by atoms with Crippen LogP contribution in [0, 0.1) is 6.92 Å². The van der Waals surface area contributed by atoms with E-state index in [4.69, 9.17) is 16.3 Å². The highest BCUT2D eigenvalue weighted by Gasteiger charge is 2.30. The number of benzene rings is 3. The Morgan fingerprint density at radius 3 is 2.37 bits per heavy atom. The van der Waals surface area contributed by atoms with Crippen molar-refractivity contribution in [2.45, 2.75) is 58.5 Å². The van der Waals surface area contributed by atoms with Gasteiger partial charge in [0, 0.05) is 37.5 Å². The van der Waals surface area contributed by atoms with Gasteiger partial charge in [-0.15, -0.1) is 0 Å². The van der Waals surface area contributed by atoms with E-state index in [2.05, 4.69) is 12.2 Å². The molecule has 10 heteroatoms. The number of aryl methyl sites for hydroxylation is 1. The SMILES string of the molecule is CCCCNC(=O)[C@H](Cc1ccccc1)N(Cc1cccc(OC)c1)C(=O)CCCN(c1cc(Cl)ccc1C)S(C)(=O)=O. The number of anilines is 1. The molecule has 0 radical (unpaired) electrons. The quantitative estimate of drug-likeness (QED) is 0.204. The van der Waals surface area contributed by atoms with Crippen LogP contribution < -0.4 is 14.4 Å². The molecular formula is C33H42ClN3O5S. The lowest BCUT2D eigenvalue weighted by Crippen LogP contribution is -2.50. The van der Waals surface area contributed by atoms with Crippen molar-refractivity contribution in [3.8, 4) is 5.75 Å². The summed E-state index contributed by atoms with van der Waals surface area (Å²) in [5, 5.41) is 3.44. The summed E-state index contributed by atoms with van der Waals surface area (Å²) in [5.41, 5.74) is 2.99. The van der Waals surface area contributed by atoms with Crippen LogP contribution >= 0.6 is 11.6 Å². The largest absolute Gasteiger partial charge is 0.497 e. The minimum atomic E-state index is -3.64. The van der Waals surface area contributed by atoms with Gasteiger partial charge in [-0.3, -0.25) is 13.9 Å². The van der Waals surface area contributed by atoms with E-state index in [-0.39, 0.29) is 37.7 Å². The number of amides is 2. The molecule has 0 fully saturated rings. The van der Waals surface area contributed by atoms with E-state index in [9.17, 15) is 18.0 Å². The second kappa shape index (κ2) is 16.3. The molecule has 0 bridgehead atoms. The van der Waals surface area contributed by atoms with Gasteiger partial charge < -0.3 is 15.0 Å². The first-order chi connectivity index (χ1) is 20.5. The van der Waals surface area contributed by atoms with E-state index in [1.54, 1.807) is 30.2 Å². The molecule has 3 aromatic rings. The highest BCUT2D eigenvalue weighted by Crippen LogP contribution is 2.27. The lowest BCUT2D eigenvalue weighted by Gasteiger charge is -2.32. The predicted octanol–water partition coefficient (Wildman–Crippen LogP) is 5.76. The maximum Gasteiger partial charge on any atom is 0.243 e. The Morgan fingerprint density at radius 2 is 1.70 bits per heavy atom. The normalized spacial score (nSPS) is 11.9. The number of unbranched alkanes of at least 4 members (excludes halogenated alkanes) is 1. The smallest absolute Gasteiger partial charge is 0.243 e. The lowest BCUT2D eigenvalue weighted by atomic mass is 10.0. The molecule has 3 rings (SSSR count). The van der Waals surface area contributed by atoms with Crippen molar-refractivity contribution in [1.82, 2.24) is 10.2 Å². The van der Waals surface area contributed by atoms with E-state index >= 15 is 0 Å². The summed E-state index contributed by atoms with van der Waals surface area (Å²) < 4.78 is 32.2. The molecule has 0 unspecified atom stereocenters. The zero-order valence-corrected chi connectivity index (χ0v) is 27.0. The van der Waals surface area contributed by atoms with Crippen molar-refractivity contribution < 1.29 is 22.7 Å². The molecule has 0 aliphatic rings. The maximum absolute atomic E-state index is 14.0. The van der Waals surface area contributed by atoms with Gasteiger partial charge >= 0.3 is 0 Å². The maximum atomic E-state index is 14.0. The number of methoxy groups -OCH3 is 1. The summed E-state index contributed by atoms with van der Waals surface area (Å²) in [4.78, 5) is 29.2. The topological polar surface area (TPSA) is 96.0 Å². The van der Waals surface area contributed by atoms with Crippen molar-refractivity contribution in [1.29, 1.82) is 0 Å². The van der Waals surface area contributed by atoms with Gasteiger partial charge in [-0.2, -0.15) is 0 Å². The molecule has 0 aliphatic carbocycles. The Kier molecular flexibility index (Phi) is 12.9. The van der Waals surface area contributed by atoms with E-state index in [0.29, 0.717) is 29.4 Å².